The molecule has 0 bridgehead atoms. The quantitative estimate of drug-likeness (QED) is 0.710. The summed E-state index contributed by atoms with van der Waals surface area (Å²) in [6.45, 7) is 5.02. The summed E-state index contributed by atoms with van der Waals surface area (Å²) in [6, 6.07) is 14.6. The van der Waals surface area contributed by atoms with Crippen LogP contribution in [-0.2, 0) is 9.53 Å². The van der Waals surface area contributed by atoms with Gasteiger partial charge in [0.05, 0.1) is 6.04 Å². The lowest BCUT2D eigenvalue weighted by Crippen LogP contribution is -2.51. The minimum Gasteiger partial charge on any atom is -0.480 e. The van der Waals surface area contributed by atoms with Gasteiger partial charge in [-0.2, -0.15) is 0 Å². The zero-order valence-corrected chi connectivity index (χ0v) is 16.0. The highest BCUT2D eigenvalue weighted by Crippen LogP contribution is 2.19. The fraction of sp³-hybridized carbons (Fsp3) is 0.286. The van der Waals surface area contributed by atoms with Gasteiger partial charge in [0.1, 0.15) is 5.60 Å². The molecule has 2 rings (SSSR count). The van der Waals surface area contributed by atoms with Crippen LogP contribution in [0.5, 0.6) is 0 Å². The maximum absolute atomic E-state index is 12.6. The lowest BCUT2D eigenvalue weighted by Gasteiger charge is -2.28. The van der Waals surface area contributed by atoms with E-state index in [1.165, 1.54) is 0 Å². The summed E-state index contributed by atoms with van der Waals surface area (Å²) in [5, 5.41) is 14.8. The molecule has 0 unspecified atom stereocenters. The van der Waals surface area contributed by atoms with Gasteiger partial charge < -0.3 is 20.5 Å². The summed E-state index contributed by atoms with van der Waals surface area (Å²) in [5.74, 6) is -1.75. The van der Waals surface area contributed by atoms with Gasteiger partial charge in [-0.05, 0) is 38.5 Å². The molecular weight excluding hydrogens is 360 g/mol. The molecule has 2 atom stereocenters. The first-order valence-corrected chi connectivity index (χ1v) is 8.80. The van der Waals surface area contributed by atoms with Gasteiger partial charge in [0.2, 0.25) is 0 Å². The molecule has 2 aromatic rings. The molecule has 0 radical (unpaired) electrons. The van der Waals surface area contributed by atoms with Crippen molar-refractivity contribution in [2.45, 2.75) is 38.5 Å². The van der Waals surface area contributed by atoms with Crippen molar-refractivity contribution in [2.24, 2.45) is 0 Å². The van der Waals surface area contributed by atoms with Crippen molar-refractivity contribution in [3.8, 4) is 0 Å². The summed E-state index contributed by atoms with van der Waals surface area (Å²) in [6.07, 6.45) is -0.880. The third-order valence-corrected chi connectivity index (χ3v) is 3.75. The number of hydrogen-bond donors (Lipinski definition) is 3. The van der Waals surface area contributed by atoms with Gasteiger partial charge in [-0.25, -0.2) is 9.59 Å². The predicted molar refractivity (Wildman–Crippen MR) is 104 cm³/mol. The van der Waals surface area contributed by atoms with Gasteiger partial charge in [0, 0.05) is 5.56 Å². The van der Waals surface area contributed by atoms with Gasteiger partial charge in [-0.15, -0.1) is 0 Å². The smallest absolute Gasteiger partial charge is 0.408 e. The molecule has 0 aliphatic rings. The number of aliphatic carboxylic acids is 1. The van der Waals surface area contributed by atoms with Gasteiger partial charge >= 0.3 is 12.1 Å². The Morgan fingerprint density at radius 2 is 1.43 bits per heavy atom. The Hall–Kier alpha value is -3.35. The summed E-state index contributed by atoms with van der Waals surface area (Å²) in [4.78, 5) is 36.7. The van der Waals surface area contributed by atoms with Crippen molar-refractivity contribution < 1.29 is 24.2 Å². The molecule has 7 nitrogen and oxygen atoms in total. The fourth-order valence-corrected chi connectivity index (χ4v) is 2.56. The second-order valence-electron chi connectivity index (χ2n) is 7.19. The molecule has 3 N–H and O–H groups in total. The first-order chi connectivity index (χ1) is 13.2. The van der Waals surface area contributed by atoms with Crippen LogP contribution in [0.15, 0.2) is 60.7 Å². The molecule has 0 saturated carbocycles. The Bertz CT molecular complexity index is 816. The highest BCUT2D eigenvalue weighted by Gasteiger charge is 2.34. The summed E-state index contributed by atoms with van der Waals surface area (Å²) < 4.78 is 5.17. The predicted octanol–water partition coefficient (Wildman–Crippen LogP) is 3.14. The number of carbonyl (C=O) groups excluding carboxylic acids is 2. The molecule has 0 aliphatic carbocycles. The third-order valence-electron chi connectivity index (χ3n) is 3.75. The number of carboxylic acid groups (broad SMARTS) is 1. The first-order valence-electron chi connectivity index (χ1n) is 8.80. The molecule has 2 amide bonds. The van der Waals surface area contributed by atoms with Crippen molar-refractivity contribution in [3.05, 3.63) is 71.8 Å². The minimum atomic E-state index is -1.43. The number of carbonyl (C=O) groups is 3. The van der Waals surface area contributed by atoms with E-state index in [-0.39, 0.29) is 0 Å². The van der Waals surface area contributed by atoms with Crippen LogP contribution in [0.2, 0.25) is 0 Å². The van der Waals surface area contributed by atoms with E-state index in [9.17, 15) is 19.5 Å². The van der Waals surface area contributed by atoms with E-state index in [0.717, 1.165) is 0 Å². The maximum atomic E-state index is 12.6. The number of nitrogens with one attached hydrogen (secondary N) is 2. The zero-order valence-electron chi connectivity index (χ0n) is 16.0. The Labute approximate surface area is 163 Å². The van der Waals surface area contributed by atoms with E-state index in [1.807, 2.05) is 0 Å². The summed E-state index contributed by atoms with van der Waals surface area (Å²) >= 11 is 0. The van der Waals surface area contributed by atoms with E-state index in [4.69, 9.17) is 4.74 Å². The van der Waals surface area contributed by atoms with Gasteiger partial charge in [0.15, 0.2) is 6.04 Å². The number of amides is 2. The lowest BCUT2D eigenvalue weighted by molar-refractivity contribution is -0.140. The molecule has 0 spiro atoms. The van der Waals surface area contributed by atoms with E-state index in [1.54, 1.807) is 81.4 Å². The Morgan fingerprint density at radius 1 is 0.893 bits per heavy atom. The highest BCUT2D eigenvalue weighted by molar-refractivity contribution is 5.95. The molecule has 0 heterocycles. The summed E-state index contributed by atoms with van der Waals surface area (Å²) in [5.41, 5.74) is 0.128. The van der Waals surface area contributed by atoms with Crippen molar-refractivity contribution >= 4 is 18.0 Å². The van der Waals surface area contributed by atoms with Crippen LogP contribution in [0.3, 0.4) is 0 Å². The van der Waals surface area contributed by atoms with Gasteiger partial charge in [-0.1, -0.05) is 48.5 Å². The van der Waals surface area contributed by atoms with Crippen LogP contribution in [0.1, 0.15) is 42.7 Å². The fourth-order valence-electron chi connectivity index (χ4n) is 2.56. The third kappa shape index (κ3) is 6.12. The molecule has 148 valence electrons. The van der Waals surface area contributed by atoms with E-state index in [0.29, 0.717) is 11.1 Å². The lowest BCUT2D eigenvalue weighted by atomic mass is 9.98. The topological polar surface area (TPSA) is 105 Å². The summed E-state index contributed by atoms with van der Waals surface area (Å²) in [7, 11) is 0. The monoisotopic (exact) mass is 384 g/mol. The maximum Gasteiger partial charge on any atom is 0.408 e. The molecule has 7 heteroatoms. The van der Waals surface area contributed by atoms with E-state index in [2.05, 4.69) is 10.6 Å². The van der Waals surface area contributed by atoms with Crippen molar-refractivity contribution in [1.82, 2.24) is 10.6 Å². The standard InChI is InChI=1S/C21H24N2O5/c1-21(2,3)28-20(27)23-17(19(25)26)16(14-10-6-4-7-11-14)22-18(24)15-12-8-5-9-13-15/h4-13,16-17H,1-3H3,(H,22,24)(H,23,27)(H,25,26)/t16-,17-/m1/s1. The first kappa shape index (κ1) is 21.0. The molecule has 28 heavy (non-hydrogen) atoms. The molecule has 0 aromatic heterocycles. The van der Waals surface area contributed by atoms with Crippen molar-refractivity contribution in [3.63, 3.8) is 0 Å². The number of hydrogen-bond acceptors (Lipinski definition) is 4. The molecule has 0 saturated heterocycles. The van der Waals surface area contributed by atoms with Gasteiger partial charge in [0.25, 0.3) is 5.91 Å². The molecule has 0 fully saturated rings. The minimum absolute atomic E-state index is 0.379. The number of carboxylic acids is 1. The number of rotatable bonds is 6. The van der Waals surface area contributed by atoms with Gasteiger partial charge in [-0.3, -0.25) is 4.79 Å². The van der Waals surface area contributed by atoms with Crippen LogP contribution >= 0.6 is 0 Å². The normalized spacial score (nSPS) is 13.1. The van der Waals surface area contributed by atoms with Crippen LogP contribution in [0.25, 0.3) is 0 Å². The van der Waals surface area contributed by atoms with Crippen LogP contribution in [0, 0.1) is 0 Å². The second-order valence-corrected chi connectivity index (χ2v) is 7.19. The number of benzene rings is 2. The molecule has 0 aliphatic heterocycles. The molecule has 2 aromatic carbocycles. The molecular formula is C21H24N2O5. The SMILES string of the molecule is CC(C)(C)OC(=O)N[C@@H](C(=O)O)[C@H](NC(=O)c1ccccc1)c1ccccc1. The van der Waals surface area contributed by atoms with Crippen molar-refractivity contribution in [1.29, 1.82) is 0 Å². The van der Waals surface area contributed by atoms with Crippen LogP contribution in [0.4, 0.5) is 4.79 Å². The van der Waals surface area contributed by atoms with E-state index < -0.39 is 35.7 Å². The van der Waals surface area contributed by atoms with Crippen LogP contribution < -0.4 is 10.6 Å². The average molecular weight is 384 g/mol. The van der Waals surface area contributed by atoms with Crippen molar-refractivity contribution in [2.75, 3.05) is 0 Å². The Kier molecular flexibility index (Phi) is 6.76. The highest BCUT2D eigenvalue weighted by atomic mass is 16.6. The second kappa shape index (κ2) is 9.03. The van der Waals surface area contributed by atoms with Crippen LogP contribution in [-0.4, -0.2) is 34.7 Å². The average Bonchev–Trinajstić information content (AvgIpc) is 2.64. The Morgan fingerprint density at radius 3 is 1.93 bits per heavy atom. The zero-order chi connectivity index (χ0) is 20.7. The Balaban J connectivity index is 2.31. The number of ether oxygens (including phenoxy) is 1. The van der Waals surface area contributed by atoms with E-state index >= 15 is 0 Å². The number of alkyl carbamates (subject to hydrolysis) is 1. The largest absolute Gasteiger partial charge is 0.480 e.